The third kappa shape index (κ3) is 5.05. The van der Waals surface area contributed by atoms with E-state index in [1.165, 1.54) is 6.07 Å². The number of halogens is 1. The Morgan fingerprint density at radius 2 is 2.04 bits per heavy atom. The predicted molar refractivity (Wildman–Crippen MR) is 88.9 cm³/mol. The van der Waals surface area contributed by atoms with Crippen LogP contribution < -0.4 is 10.6 Å². The van der Waals surface area contributed by atoms with Crippen molar-refractivity contribution in [3.05, 3.63) is 47.8 Å². The van der Waals surface area contributed by atoms with Gasteiger partial charge in [0.15, 0.2) is 5.96 Å². The summed E-state index contributed by atoms with van der Waals surface area (Å²) in [5, 5.41) is 14.4. The van der Waals surface area contributed by atoms with Gasteiger partial charge in [0.2, 0.25) is 0 Å². The Balaban J connectivity index is 1.72. The predicted octanol–water partition coefficient (Wildman–Crippen LogP) is 1.39. The molecule has 6 nitrogen and oxygen atoms in total. The maximum Gasteiger partial charge on any atom is 0.191 e. The molecule has 0 aliphatic heterocycles. The molecule has 0 unspecified atom stereocenters. The van der Waals surface area contributed by atoms with Crippen LogP contribution >= 0.6 is 0 Å². The van der Waals surface area contributed by atoms with Gasteiger partial charge in [-0.25, -0.2) is 4.39 Å². The van der Waals surface area contributed by atoms with Gasteiger partial charge in [0.1, 0.15) is 18.0 Å². The highest BCUT2D eigenvalue weighted by Crippen LogP contribution is 2.06. The molecule has 2 N–H and O–H groups in total. The van der Waals surface area contributed by atoms with Crippen LogP contribution in [0.25, 0.3) is 0 Å². The molecule has 1 aromatic heterocycles. The van der Waals surface area contributed by atoms with Crippen molar-refractivity contribution in [2.75, 3.05) is 20.1 Å². The van der Waals surface area contributed by atoms with Crippen LogP contribution in [0.4, 0.5) is 4.39 Å². The van der Waals surface area contributed by atoms with Gasteiger partial charge in [-0.15, -0.1) is 10.2 Å². The molecule has 1 aromatic carbocycles. The Hall–Kier alpha value is -2.44. The van der Waals surface area contributed by atoms with Crippen molar-refractivity contribution in [3.63, 3.8) is 0 Å². The van der Waals surface area contributed by atoms with Gasteiger partial charge in [0, 0.05) is 33.1 Å². The average molecular weight is 318 g/mol. The normalized spacial score (nSPS) is 11.5. The molecule has 0 amide bonds. The molecule has 0 saturated carbocycles. The van der Waals surface area contributed by atoms with Gasteiger partial charge in [-0.3, -0.25) is 4.99 Å². The number of rotatable bonds is 7. The topological polar surface area (TPSA) is 67.1 Å². The van der Waals surface area contributed by atoms with Crippen LogP contribution in [0.5, 0.6) is 0 Å². The van der Waals surface area contributed by atoms with Crippen molar-refractivity contribution < 1.29 is 4.39 Å². The van der Waals surface area contributed by atoms with Gasteiger partial charge >= 0.3 is 0 Å². The monoisotopic (exact) mass is 318 g/mol. The Bertz CT molecular complexity index is 637. The second-order valence-electron chi connectivity index (χ2n) is 5.06. The first-order valence-corrected chi connectivity index (χ1v) is 7.79. The maximum atomic E-state index is 13.5. The molecule has 0 atom stereocenters. The van der Waals surface area contributed by atoms with Crippen molar-refractivity contribution in [3.8, 4) is 0 Å². The van der Waals surface area contributed by atoms with E-state index in [9.17, 15) is 4.39 Å². The smallest absolute Gasteiger partial charge is 0.191 e. The molecule has 2 aromatic rings. The Kier molecular flexibility index (Phi) is 6.53. The molecule has 0 fully saturated rings. The van der Waals surface area contributed by atoms with Gasteiger partial charge in [-0.1, -0.05) is 25.1 Å². The fourth-order valence-corrected chi connectivity index (χ4v) is 2.27. The van der Waals surface area contributed by atoms with Crippen molar-refractivity contribution in [2.45, 2.75) is 26.3 Å². The number of guanidine groups is 1. The number of aromatic nitrogens is 3. The lowest BCUT2D eigenvalue weighted by atomic mass is 10.1. The Morgan fingerprint density at radius 1 is 1.26 bits per heavy atom. The minimum absolute atomic E-state index is 0.169. The van der Waals surface area contributed by atoms with Gasteiger partial charge < -0.3 is 15.2 Å². The molecular formula is C16H23FN6. The summed E-state index contributed by atoms with van der Waals surface area (Å²) >= 11 is 0. The lowest BCUT2D eigenvalue weighted by Gasteiger charge is -2.12. The molecule has 0 aliphatic carbocycles. The quantitative estimate of drug-likeness (QED) is 0.598. The number of hydrogen-bond acceptors (Lipinski definition) is 3. The molecule has 2 rings (SSSR count). The number of nitrogens with zero attached hydrogens (tertiary/aromatic N) is 4. The van der Waals surface area contributed by atoms with Crippen LogP contribution in [0.3, 0.4) is 0 Å². The van der Waals surface area contributed by atoms with Crippen LogP contribution in [0.2, 0.25) is 0 Å². The van der Waals surface area contributed by atoms with Crippen molar-refractivity contribution in [2.24, 2.45) is 4.99 Å². The van der Waals surface area contributed by atoms with E-state index in [0.29, 0.717) is 31.0 Å². The van der Waals surface area contributed by atoms with Gasteiger partial charge in [-0.2, -0.15) is 0 Å². The van der Waals surface area contributed by atoms with E-state index in [-0.39, 0.29) is 5.82 Å². The summed E-state index contributed by atoms with van der Waals surface area (Å²) in [6.45, 7) is 4.15. The second-order valence-corrected chi connectivity index (χ2v) is 5.06. The zero-order chi connectivity index (χ0) is 16.5. The molecule has 7 heteroatoms. The largest absolute Gasteiger partial charge is 0.356 e. The van der Waals surface area contributed by atoms with E-state index >= 15 is 0 Å². The minimum atomic E-state index is -0.169. The van der Waals surface area contributed by atoms with Gasteiger partial charge in [0.25, 0.3) is 0 Å². The minimum Gasteiger partial charge on any atom is -0.356 e. The number of aliphatic imine (C=N–C) groups is 1. The Morgan fingerprint density at radius 3 is 2.78 bits per heavy atom. The molecule has 1 heterocycles. The lowest BCUT2D eigenvalue weighted by Crippen LogP contribution is -2.39. The standard InChI is InChI=1S/C16H23FN6/c1-3-15-22-21-12-23(15)11-10-20-16(18-2)19-9-8-13-6-4-5-7-14(13)17/h4-7,12H,3,8-11H2,1-2H3,(H2,18,19,20). The van der Waals surface area contributed by atoms with Crippen LogP contribution in [-0.4, -0.2) is 40.9 Å². The summed E-state index contributed by atoms with van der Waals surface area (Å²) in [5.41, 5.74) is 0.701. The van der Waals surface area contributed by atoms with Crippen molar-refractivity contribution >= 4 is 5.96 Å². The zero-order valence-corrected chi connectivity index (χ0v) is 13.6. The molecule has 23 heavy (non-hydrogen) atoms. The highest BCUT2D eigenvalue weighted by Gasteiger charge is 2.03. The second kappa shape index (κ2) is 8.87. The fraction of sp³-hybridized carbons (Fsp3) is 0.438. The first-order valence-electron chi connectivity index (χ1n) is 7.79. The molecule has 0 aliphatic rings. The molecular weight excluding hydrogens is 295 g/mol. The third-order valence-corrected chi connectivity index (χ3v) is 3.53. The van der Waals surface area contributed by atoms with E-state index < -0.39 is 0 Å². The molecule has 0 spiro atoms. The summed E-state index contributed by atoms with van der Waals surface area (Å²) in [5.74, 6) is 1.50. The van der Waals surface area contributed by atoms with E-state index in [2.05, 4.69) is 32.7 Å². The van der Waals surface area contributed by atoms with Crippen LogP contribution in [-0.2, 0) is 19.4 Å². The molecule has 0 radical (unpaired) electrons. The van der Waals surface area contributed by atoms with E-state index in [1.807, 2.05) is 10.6 Å². The van der Waals surface area contributed by atoms with E-state index in [0.717, 1.165) is 18.8 Å². The summed E-state index contributed by atoms with van der Waals surface area (Å²) in [4.78, 5) is 4.16. The number of aryl methyl sites for hydroxylation is 1. The van der Waals surface area contributed by atoms with Crippen molar-refractivity contribution in [1.82, 2.24) is 25.4 Å². The summed E-state index contributed by atoms with van der Waals surface area (Å²) < 4.78 is 15.6. The Labute approximate surface area is 135 Å². The third-order valence-electron chi connectivity index (χ3n) is 3.53. The summed E-state index contributed by atoms with van der Waals surface area (Å²) in [6.07, 6.45) is 3.20. The van der Waals surface area contributed by atoms with E-state index in [4.69, 9.17) is 0 Å². The number of nitrogens with one attached hydrogen (secondary N) is 2. The number of hydrogen-bond donors (Lipinski definition) is 2. The SMILES string of the molecule is CCc1nncn1CCNC(=NC)NCCc1ccccc1F. The van der Waals surface area contributed by atoms with Crippen LogP contribution in [0.1, 0.15) is 18.3 Å². The van der Waals surface area contributed by atoms with Gasteiger partial charge in [-0.05, 0) is 18.1 Å². The first kappa shape index (κ1) is 16.9. The average Bonchev–Trinajstić information content (AvgIpc) is 3.02. The highest BCUT2D eigenvalue weighted by molar-refractivity contribution is 5.79. The first-order chi connectivity index (χ1) is 11.2. The summed E-state index contributed by atoms with van der Waals surface area (Å²) in [7, 11) is 1.72. The highest BCUT2D eigenvalue weighted by atomic mass is 19.1. The molecule has 0 bridgehead atoms. The van der Waals surface area contributed by atoms with Crippen LogP contribution in [0, 0.1) is 5.82 Å². The number of benzene rings is 1. The maximum absolute atomic E-state index is 13.5. The molecule has 0 saturated heterocycles. The summed E-state index contributed by atoms with van der Waals surface area (Å²) in [6, 6.07) is 6.82. The van der Waals surface area contributed by atoms with Crippen LogP contribution in [0.15, 0.2) is 35.6 Å². The van der Waals surface area contributed by atoms with Gasteiger partial charge in [0.05, 0.1) is 0 Å². The molecule has 124 valence electrons. The van der Waals surface area contributed by atoms with E-state index in [1.54, 1.807) is 25.5 Å². The zero-order valence-electron chi connectivity index (χ0n) is 13.6. The lowest BCUT2D eigenvalue weighted by molar-refractivity contribution is 0.605. The van der Waals surface area contributed by atoms with Crippen molar-refractivity contribution in [1.29, 1.82) is 0 Å². The fourth-order valence-electron chi connectivity index (χ4n) is 2.27.